The predicted octanol–water partition coefficient (Wildman–Crippen LogP) is 2.86. The summed E-state index contributed by atoms with van der Waals surface area (Å²) < 4.78 is 4.55. The first-order chi connectivity index (χ1) is 8.92. The number of carbonyl (C=O) groups is 2. The summed E-state index contributed by atoms with van der Waals surface area (Å²) in [5, 5.41) is 0. The fourth-order valence-corrected chi connectivity index (χ4v) is 1.87. The molecule has 112 valence electrons. The summed E-state index contributed by atoms with van der Waals surface area (Å²) in [6.45, 7) is 12.2. The monoisotopic (exact) mass is 271 g/mol. The minimum Gasteiger partial charge on any atom is -0.466 e. The second-order valence-corrected chi connectivity index (χ2v) is 5.33. The van der Waals surface area contributed by atoms with Gasteiger partial charge in [0.1, 0.15) is 0 Å². The van der Waals surface area contributed by atoms with E-state index in [0.29, 0.717) is 18.4 Å². The highest BCUT2D eigenvalue weighted by molar-refractivity contribution is 5.78. The predicted molar refractivity (Wildman–Crippen MR) is 76.7 cm³/mol. The van der Waals surface area contributed by atoms with Gasteiger partial charge in [-0.05, 0) is 25.2 Å². The van der Waals surface area contributed by atoms with Gasteiger partial charge in [0.2, 0.25) is 5.91 Å². The molecule has 2 atom stereocenters. The van der Waals surface area contributed by atoms with E-state index >= 15 is 0 Å². The minimum absolute atomic E-state index is 0.193. The molecule has 0 aliphatic carbocycles. The molecule has 0 radical (unpaired) electrons. The highest BCUT2D eigenvalue weighted by Crippen LogP contribution is 2.18. The molecule has 0 aromatic heterocycles. The molecule has 1 rings (SSSR count). The van der Waals surface area contributed by atoms with Gasteiger partial charge >= 0.3 is 5.97 Å². The van der Waals surface area contributed by atoms with Gasteiger partial charge in [0.15, 0.2) is 0 Å². The maximum absolute atomic E-state index is 11.6. The molecule has 0 bridgehead atoms. The number of rotatable bonds is 4. The maximum Gasteiger partial charge on any atom is 0.302 e. The van der Waals surface area contributed by atoms with Crippen molar-refractivity contribution < 1.29 is 14.3 Å². The third-order valence-electron chi connectivity index (χ3n) is 3.28. The van der Waals surface area contributed by atoms with Crippen molar-refractivity contribution in [3.63, 3.8) is 0 Å². The van der Waals surface area contributed by atoms with Crippen molar-refractivity contribution in [2.45, 2.75) is 53.9 Å². The average molecular weight is 271 g/mol. The zero-order valence-electron chi connectivity index (χ0n) is 13.1. The summed E-state index contributed by atoms with van der Waals surface area (Å²) >= 11 is 0. The highest BCUT2D eigenvalue weighted by atomic mass is 16.5. The Bertz CT molecular complexity index is 279. The van der Waals surface area contributed by atoms with E-state index in [1.807, 2.05) is 18.7 Å². The van der Waals surface area contributed by atoms with Gasteiger partial charge in [-0.2, -0.15) is 0 Å². The Labute approximate surface area is 117 Å². The molecule has 1 aliphatic heterocycles. The van der Waals surface area contributed by atoms with Crippen LogP contribution < -0.4 is 0 Å². The maximum atomic E-state index is 11.6. The van der Waals surface area contributed by atoms with Crippen LogP contribution in [0.25, 0.3) is 0 Å². The Morgan fingerprint density at radius 3 is 2.32 bits per heavy atom. The zero-order chi connectivity index (χ0) is 14.8. The molecule has 1 fully saturated rings. The number of esters is 1. The molecule has 0 saturated carbocycles. The van der Waals surface area contributed by atoms with Crippen molar-refractivity contribution >= 4 is 11.9 Å². The van der Waals surface area contributed by atoms with Crippen LogP contribution in [0.2, 0.25) is 0 Å². The molecule has 0 aromatic rings. The number of nitrogens with zero attached hydrogens (tertiary/aromatic N) is 1. The van der Waals surface area contributed by atoms with Crippen LogP contribution in [0, 0.1) is 11.8 Å². The van der Waals surface area contributed by atoms with Crippen LogP contribution in [0.5, 0.6) is 0 Å². The van der Waals surface area contributed by atoms with Crippen molar-refractivity contribution in [3.8, 4) is 0 Å². The molecule has 0 aromatic carbocycles. The number of hydrogen-bond donors (Lipinski definition) is 0. The van der Waals surface area contributed by atoms with Crippen LogP contribution in [-0.2, 0) is 14.3 Å². The van der Waals surface area contributed by atoms with Crippen molar-refractivity contribution in [1.82, 2.24) is 4.90 Å². The number of likely N-dealkylation sites (tertiary alicyclic amines) is 1. The quantitative estimate of drug-likeness (QED) is 0.739. The smallest absolute Gasteiger partial charge is 0.302 e. The third kappa shape index (κ3) is 7.85. The molecular formula is C15H29NO3. The van der Waals surface area contributed by atoms with E-state index in [-0.39, 0.29) is 11.9 Å². The number of ether oxygens (including phenoxy) is 1. The molecular weight excluding hydrogens is 242 g/mol. The van der Waals surface area contributed by atoms with Crippen LogP contribution >= 0.6 is 0 Å². The molecule has 1 saturated heterocycles. The van der Waals surface area contributed by atoms with E-state index in [9.17, 15) is 9.59 Å². The molecule has 4 nitrogen and oxygen atoms in total. The van der Waals surface area contributed by atoms with Crippen molar-refractivity contribution in [3.05, 3.63) is 0 Å². The second kappa shape index (κ2) is 9.82. The van der Waals surface area contributed by atoms with E-state index < -0.39 is 0 Å². The largest absolute Gasteiger partial charge is 0.466 e. The Balaban J connectivity index is 0.000000399. The summed E-state index contributed by atoms with van der Waals surface area (Å²) in [6.07, 6.45) is 3.05. The van der Waals surface area contributed by atoms with Crippen LogP contribution in [0.4, 0.5) is 0 Å². The van der Waals surface area contributed by atoms with Crippen LogP contribution in [0.15, 0.2) is 0 Å². The van der Waals surface area contributed by atoms with Crippen molar-refractivity contribution in [2.75, 3.05) is 19.7 Å². The van der Waals surface area contributed by atoms with Gasteiger partial charge in [-0.3, -0.25) is 9.59 Å². The molecule has 1 amide bonds. The Morgan fingerprint density at radius 1 is 1.37 bits per heavy atom. The summed E-state index contributed by atoms with van der Waals surface area (Å²) in [4.78, 5) is 23.6. The minimum atomic E-state index is -0.193. The van der Waals surface area contributed by atoms with Gasteiger partial charge in [0, 0.05) is 25.9 Å². The third-order valence-corrected chi connectivity index (χ3v) is 3.28. The Kier molecular flexibility index (Phi) is 9.27. The lowest BCUT2D eigenvalue weighted by Gasteiger charge is -2.19. The Morgan fingerprint density at radius 2 is 2.00 bits per heavy atom. The van der Waals surface area contributed by atoms with Gasteiger partial charge in [-0.15, -0.1) is 0 Å². The molecule has 19 heavy (non-hydrogen) atoms. The average Bonchev–Trinajstić information content (AvgIpc) is 2.81. The van der Waals surface area contributed by atoms with Crippen LogP contribution in [0.3, 0.4) is 0 Å². The first kappa shape index (κ1) is 17.9. The normalized spacial score (nSPS) is 19.4. The topological polar surface area (TPSA) is 46.6 Å². The van der Waals surface area contributed by atoms with E-state index in [2.05, 4.69) is 18.6 Å². The fourth-order valence-electron chi connectivity index (χ4n) is 1.87. The van der Waals surface area contributed by atoms with Gasteiger partial charge in [-0.1, -0.05) is 27.7 Å². The Hall–Kier alpha value is -1.06. The lowest BCUT2D eigenvalue weighted by atomic mass is 10.1. The first-order valence-electron chi connectivity index (χ1n) is 7.34. The van der Waals surface area contributed by atoms with E-state index in [0.717, 1.165) is 25.9 Å². The van der Waals surface area contributed by atoms with Gasteiger partial charge in [0.25, 0.3) is 0 Å². The van der Waals surface area contributed by atoms with Crippen LogP contribution in [0.1, 0.15) is 53.9 Å². The number of hydrogen-bond acceptors (Lipinski definition) is 3. The second-order valence-electron chi connectivity index (χ2n) is 5.33. The number of amides is 1. The standard InChI is InChI=1S/C10H19NO.C5H10O2/c1-4-9(3)10(12)11-6-5-8(2)7-11;1-3-4-7-5(2)6/h8-9H,4-7H2,1-3H3;3-4H2,1-2H3. The molecule has 4 heteroatoms. The molecule has 2 unspecified atom stereocenters. The summed E-state index contributed by atoms with van der Waals surface area (Å²) in [6, 6.07) is 0. The van der Waals surface area contributed by atoms with E-state index in [1.165, 1.54) is 13.3 Å². The molecule has 0 spiro atoms. The molecule has 1 heterocycles. The fraction of sp³-hybridized carbons (Fsp3) is 0.867. The number of carbonyl (C=O) groups excluding carboxylic acids is 2. The van der Waals surface area contributed by atoms with Crippen molar-refractivity contribution in [1.29, 1.82) is 0 Å². The van der Waals surface area contributed by atoms with E-state index in [4.69, 9.17) is 0 Å². The van der Waals surface area contributed by atoms with Gasteiger partial charge in [0.05, 0.1) is 6.61 Å². The van der Waals surface area contributed by atoms with Crippen LogP contribution in [-0.4, -0.2) is 36.5 Å². The SMILES string of the molecule is CCC(C)C(=O)N1CCC(C)C1.CCCOC(C)=O. The lowest BCUT2D eigenvalue weighted by molar-refractivity contribution is -0.141. The zero-order valence-corrected chi connectivity index (χ0v) is 13.1. The van der Waals surface area contributed by atoms with Gasteiger partial charge < -0.3 is 9.64 Å². The molecule has 0 N–H and O–H groups in total. The first-order valence-corrected chi connectivity index (χ1v) is 7.34. The van der Waals surface area contributed by atoms with Gasteiger partial charge in [-0.25, -0.2) is 0 Å². The lowest BCUT2D eigenvalue weighted by Crippen LogP contribution is -2.32. The summed E-state index contributed by atoms with van der Waals surface area (Å²) in [7, 11) is 0. The van der Waals surface area contributed by atoms with Crippen molar-refractivity contribution in [2.24, 2.45) is 11.8 Å². The molecule has 1 aliphatic rings. The summed E-state index contributed by atoms with van der Waals surface area (Å²) in [5.74, 6) is 1.08. The summed E-state index contributed by atoms with van der Waals surface area (Å²) in [5.41, 5.74) is 0. The van der Waals surface area contributed by atoms with E-state index in [1.54, 1.807) is 0 Å². The highest BCUT2D eigenvalue weighted by Gasteiger charge is 2.25.